The molecule has 0 saturated heterocycles. The topological polar surface area (TPSA) is 46.9 Å². The first kappa shape index (κ1) is 14.0. The van der Waals surface area contributed by atoms with Crippen molar-refractivity contribution in [1.82, 2.24) is 15.1 Å². The van der Waals surface area contributed by atoms with Gasteiger partial charge >= 0.3 is 0 Å². The first-order chi connectivity index (χ1) is 10.3. The predicted octanol–water partition coefficient (Wildman–Crippen LogP) is 2.95. The quantitative estimate of drug-likeness (QED) is 0.760. The average molecular weight is 317 g/mol. The fourth-order valence-corrected chi connectivity index (χ4v) is 3.61. The lowest BCUT2D eigenvalue weighted by atomic mass is 10.2. The number of thiophene rings is 2. The predicted molar refractivity (Wildman–Crippen MR) is 85.7 cm³/mol. The maximum atomic E-state index is 12.0. The molecule has 108 valence electrons. The van der Waals surface area contributed by atoms with Crippen molar-refractivity contribution in [3.05, 3.63) is 63.2 Å². The molecule has 3 rings (SSSR count). The largest absolute Gasteiger partial charge is 0.353 e. The van der Waals surface area contributed by atoms with Crippen LogP contribution in [0.3, 0.4) is 0 Å². The summed E-state index contributed by atoms with van der Waals surface area (Å²) in [5.41, 5.74) is 1.06. The third-order valence-corrected chi connectivity index (χ3v) is 4.86. The van der Waals surface area contributed by atoms with Crippen molar-refractivity contribution >= 4 is 28.6 Å². The molecule has 0 aliphatic heterocycles. The molecular weight excluding hydrogens is 302 g/mol. The average Bonchev–Trinajstić information content (AvgIpc) is 3.23. The second kappa shape index (κ2) is 6.69. The highest BCUT2D eigenvalue weighted by molar-refractivity contribution is 7.10. The minimum Gasteiger partial charge on any atom is -0.353 e. The van der Waals surface area contributed by atoms with Crippen LogP contribution in [0.25, 0.3) is 0 Å². The van der Waals surface area contributed by atoms with Gasteiger partial charge in [0.15, 0.2) is 0 Å². The highest BCUT2D eigenvalue weighted by Crippen LogP contribution is 2.21. The first-order valence-electron chi connectivity index (χ1n) is 6.63. The van der Waals surface area contributed by atoms with E-state index in [4.69, 9.17) is 0 Å². The molecule has 1 unspecified atom stereocenters. The molecule has 1 N–H and O–H groups in total. The van der Waals surface area contributed by atoms with Crippen LogP contribution in [0.15, 0.2) is 52.8 Å². The molecule has 1 atom stereocenters. The van der Waals surface area contributed by atoms with Crippen LogP contribution in [0.2, 0.25) is 0 Å². The van der Waals surface area contributed by atoms with Crippen LogP contribution in [-0.4, -0.2) is 22.2 Å². The first-order valence-corrected chi connectivity index (χ1v) is 8.45. The van der Waals surface area contributed by atoms with Crippen molar-refractivity contribution in [2.75, 3.05) is 6.54 Å². The zero-order chi connectivity index (χ0) is 14.5. The van der Waals surface area contributed by atoms with Gasteiger partial charge in [0.25, 0.3) is 0 Å². The van der Waals surface area contributed by atoms with Gasteiger partial charge in [-0.2, -0.15) is 16.4 Å². The van der Waals surface area contributed by atoms with Crippen molar-refractivity contribution < 1.29 is 4.79 Å². The Morgan fingerprint density at radius 1 is 1.33 bits per heavy atom. The van der Waals surface area contributed by atoms with Gasteiger partial charge < -0.3 is 5.32 Å². The zero-order valence-corrected chi connectivity index (χ0v) is 12.9. The van der Waals surface area contributed by atoms with Gasteiger partial charge in [-0.1, -0.05) is 6.07 Å². The molecule has 0 radical (unpaired) electrons. The smallest absolute Gasteiger partial charge is 0.224 e. The zero-order valence-electron chi connectivity index (χ0n) is 11.3. The number of nitrogens with zero attached hydrogens (tertiary/aromatic N) is 2. The highest BCUT2D eigenvalue weighted by atomic mass is 32.1. The van der Waals surface area contributed by atoms with Crippen LogP contribution >= 0.6 is 22.7 Å². The molecule has 3 heterocycles. The molecule has 3 aromatic heterocycles. The van der Waals surface area contributed by atoms with Crippen molar-refractivity contribution in [3.8, 4) is 0 Å². The van der Waals surface area contributed by atoms with Gasteiger partial charge in [-0.3, -0.25) is 9.48 Å². The summed E-state index contributed by atoms with van der Waals surface area (Å²) in [5, 5.41) is 13.3. The fraction of sp³-hybridized carbons (Fsp3) is 0.200. The van der Waals surface area contributed by atoms with E-state index < -0.39 is 0 Å². The van der Waals surface area contributed by atoms with Crippen LogP contribution in [-0.2, 0) is 11.2 Å². The van der Waals surface area contributed by atoms with E-state index in [0.717, 1.165) is 5.56 Å². The lowest BCUT2D eigenvalue weighted by molar-refractivity contribution is -0.120. The number of rotatable bonds is 6. The van der Waals surface area contributed by atoms with Gasteiger partial charge in [0, 0.05) is 23.8 Å². The van der Waals surface area contributed by atoms with Gasteiger partial charge in [-0.15, -0.1) is 11.3 Å². The van der Waals surface area contributed by atoms with E-state index in [2.05, 4.69) is 16.5 Å². The molecule has 6 heteroatoms. The minimum atomic E-state index is 0.0436. The van der Waals surface area contributed by atoms with Crippen LogP contribution < -0.4 is 5.32 Å². The third kappa shape index (κ3) is 3.59. The summed E-state index contributed by atoms with van der Waals surface area (Å²) in [4.78, 5) is 13.2. The maximum absolute atomic E-state index is 12.0. The number of aromatic nitrogens is 2. The summed E-state index contributed by atoms with van der Waals surface area (Å²) < 4.78 is 1.89. The van der Waals surface area contributed by atoms with Crippen LogP contribution in [0.4, 0.5) is 0 Å². The maximum Gasteiger partial charge on any atom is 0.224 e. The number of nitrogens with one attached hydrogen (secondary N) is 1. The molecular formula is C15H15N3OS2. The van der Waals surface area contributed by atoms with E-state index >= 15 is 0 Å². The Kier molecular flexibility index (Phi) is 4.47. The summed E-state index contributed by atoms with van der Waals surface area (Å²) in [6, 6.07) is 8.01. The minimum absolute atomic E-state index is 0.0436. The molecule has 0 spiro atoms. The molecule has 0 aliphatic rings. The van der Waals surface area contributed by atoms with Crippen molar-refractivity contribution in [1.29, 1.82) is 0 Å². The molecule has 0 saturated carbocycles. The molecule has 3 aromatic rings. The molecule has 21 heavy (non-hydrogen) atoms. The number of amides is 1. The number of hydrogen-bond donors (Lipinski definition) is 1. The van der Waals surface area contributed by atoms with Gasteiger partial charge in [0.1, 0.15) is 6.04 Å². The number of carbonyl (C=O) groups is 1. The molecule has 0 aliphatic carbocycles. The molecule has 4 nitrogen and oxygen atoms in total. The van der Waals surface area contributed by atoms with E-state index in [0.29, 0.717) is 13.0 Å². The summed E-state index contributed by atoms with van der Waals surface area (Å²) in [6.07, 6.45) is 4.11. The Morgan fingerprint density at radius 2 is 2.29 bits per heavy atom. The Morgan fingerprint density at radius 3 is 2.95 bits per heavy atom. The Balaban J connectivity index is 1.64. The van der Waals surface area contributed by atoms with E-state index in [-0.39, 0.29) is 11.9 Å². The van der Waals surface area contributed by atoms with Gasteiger partial charge in [0.2, 0.25) is 5.91 Å². The Labute approximate surface area is 131 Å². The lowest BCUT2D eigenvalue weighted by Gasteiger charge is -2.17. The van der Waals surface area contributed by atoms with Crippen molar-refractivity contribution in [2.45, 2.75) is 12.5 Å². The summed E-state index contributed by atoms with van der Waals surface area (Å²) in [6.45, 7) is 0.547. The molecule has 0 bridgehead atoms. The third-order valence-electron chi connectivity index (χ3n) is 3.15. The molecule has 0 fully saturated rings. The number of hydrogen-bond acceptors (Lipinski definition) is 4. The van der Waals surface area contributed by atoms with Crippen LogP contribution in [0.5, 0.6) is 0 Å². The van der Waals surface area contributed by atoms with Crippen molar-refractivity contribution in [3.63, 3.8) is 0 Å². The van der Waals surface area contributed by atoms with Crippen molar-refractivity contribution in [2.24, 2.45) is 0 Å². The van der Waals surface area contributed by atoms with E-state index in [1.807, 2.05) is 45.2 Å². The Hall–Kier alpha value is -1.92. The highest BCUT2D eigenvalue weighted by Gasteiger charge is 2.16. The monoisotopic (exact) mass is 317 g/mol. The van der Waals surface area contributed by atoms with E-state index in [9.17, 15) is 4.79 Å². The van der Waals surface area contributed by atoms with Crippen LogP contribution in [0, 0.1) is 0 Å². The van der Waals surface area contributed by atoms with Gasteiger partial charge in [0.05, 0.1) is 6.42 Å². The van der Waals surface area contributed by atoms with E-state index in [1.54, 1.807) is 28.9 Å². The molecule has 0 aromatic carbocycles. The SMILES string of the molecule is O=C(Cc1ccsc1)NCC(c1cccs1)n1cccn1. The second-order valence-corrected chi connectivity index (χ2v) is 6.39. The second-order valence-electron chi connectivity index (χ2n) is 4.63. The fourth-order valence-electron chi connectivity index (χ4n) is 2.12. The van der Waals surface area contributed by atoms with Gasteiger partial charge in [-0.05, 0) is 39.9 Å². The number of carbonyl (C=O) groups excluding carboxylic acids is 1. The standard InChI is InChI=1S/C15H15N3OS2/c19-15(9-12-4-8-20-11-12)16-10-13(14-3-1-7-21-14)18-6-2-5-17-18/h1-8,11,13H,9-10H2,(H,16,19). The molecule has 1 amide bonds. The Bertz CT molecular complexity index is 626. The van der Waals surface area contributed by atoms with Crippen LogP contribution in [0.1, 0.15) is 16.5 Å². The normalized spacial score (nSPS) is 12.2. The summed E-state index contributed by atoms with van der Waals surface area (Å²) in [5.74, 6) is 0.0436. The van der Waals surface area contributed by atoms with Gasteiger partial charge in [-0.25, -0.2) is 0 Å². The summed E-state index contributed by atoms with van der Waals surface area (Å²) in [7, 11) is 0. The van der Waals surface area contributed by atoms with E-state index in [1.165, 1.54) is 4.88 Å². The lowest BCUT2D eigenvalue weighted by Crippen LogP contribution is -2.32. The summed E-state index contributed by atoms with van der Waals surface area (Å²) >= 11 is 3.29.